The Morgan fingerprint density at radius 1 is 1.33 bits per heavy atom. The molecular formula is C17H21Cl2N3O4S. The number of aromatic nitrogens is 1. The van der Waals surface area contributed by atoms with Gasteiger partial charge in [-0.05, 0) is 17.7 Å². The summed E-state index contributed by atoms with van der Waals surface area (Å²) < 4.78 is 34.1. The highest BCUT2D eigenvalue weighted by molar-refractivity contribution is 7.89. The number of nitrogens with zero attached hydrogens (tertiary/aromatic N) is 2. The first-order chi connectivity index (χ1) is 12.4. The molecule has 148 valence electrons. The molecule has 2 heterocycles. The molecule has 0 radical (unpaired) electrons. The Bertz CT molecular complexity index is 930. The van der Waals surface area contributed by atoms with Gasteiger partial charge in [0.15, 0.2) is 0 Å². The number of benzene rings is 1. The number of halogens is 2. The second-order valence-electron chi connectivity index (χ2n) is 6.02. The van der Waals surface area contributed by atoms with Crippen LogP contribution in [0.4, 0.5) is 0 Å². The largest absolute Gasteiger partial charge is 0.464 e. The van der Waals surface area contributed by atoms with Crippen molar-refractivity contribution in [1.82, 2.24) is 14.2 Å². The Hall–Kier alpha value is -1.58. The number of esters is 1. The summed E-state index contributed by atoms with van der Waals surface area (Å²) in [6.07, 6.45) is 1.42. The molecular weight excluding hydrogens is 413 g/mol. The van der Waals surface area contributed by atoms with Crippen LogP contribution in [0.3, 0.4) is 0 Å². The summed E-state index contributed by atoms with van der Waals surface area (Å²) in [5.74, 6) is -0.586. The van der Waals surface area contributed by atoms with Crippen molar-refractivity contribution < 1.29 is 17.9 Å². The Balaban J connectivity index is 0.00000261. The predicted octanol–water partition coefficient (Wildman–Crippen LogP) is 2.22. The normalized spacial score (nSPS) is 18.0. The van der Waals surface area contributed by atoms with E-state index in [1.165, 1.54) is 28.2 Å². The second kappa shape index (κ2) is 8.62. The summed E-state index contributed by atoms with van der Waals surface area (Å²) >= 11 is 6.29. The maximum Gasteiger partial charge on any atom is 0.354 e. The molecule has 0 aliphatic carbocycles. The van der Waals surface area contributed by atoms with E-state index in [0.29, 0.717) is 24.7 Å². The topological polar surface area (TPSA) is 80.6 Å². The number of piperazine rings is 1. The lowest BCUT2D eigenvalue weighted by Crippen LogP contribution is -2.48. The van der Waals surface area contributed by atoms with Crippen LogP contribution in [-0.2, 0) is 21.8 Å². The van der Waals surface area contributed by atoms with Crippen LogP contribution in [0.2, 0.25) is 5.02 Å². The van der Waals surface area contributed by atoms with Crippen molar-refractivity contribution >= 4 is 40.0 Å². The van der Waals surface area contributed by atoms with Crippen LogP contribution >= 0.6 is 24.0 Å². The van der Waals surface area contributed by atoms with Crippen molar-refractivity contribution in [2.45, 2.75) is 10.9 Å². The average molecular weight is 434 g/mol. The highest BCUT2D eigenvalue weighted by atomic mass is 35.5. The minimum atomic E-state index is -3.81. The predicted molar refractivity (Wildman–Crippen MR) is 105 cm³/mol. The Morgan fingerprint density at radius 2 is 2.04 bits per heavy atom. The number of methoxy groups -OCH3 is 1. The molecule has 7 nitrogen and oxygen atoms in total. The van der Waals surface area contributed by atoms with Crippen molar-refractivity contribution in [2.75, 3.05) is 26.7 Å². The zero-order chi connectivity index (χ0) is 18.9. The highest BCUT2D eigenvalue weighted by Crippen LogP contribution is 2.33. The lowest BCUT2D eigenvalue weighted by atomic mass is 10.1. The summed E-state index contributed by atoms with van der Waals surface area (Å²) in [7, 11) is -0.951. The van der Waals surface area contributed by atoms with E-state index in [1.807, 2.05) is 12.1 Å². The van der Waals surface area contributed by atoms with Gasteiger partial charge in [0, 0.05) is 37.9 Å². The average Bonchev–Trinajstić information content (AvgIpc) is 3.04. The molecule has 0 bridgehead atoms. The first kappa shape index (κ1) is 21.7. The fourth-order valence-corrected chi connectivity index (χ4v) is 5.04. The van der Waals surface area contributed by atoms with Crippen molar-refractivity contribution in [2.24, 2.45) is 7.05 Å². The van der Waals surface area contributed by atoms with E-state index in [9.17, 15) is 13.2 Å². The molecule has 1 aliphatic rings. The number of nitrogens with one attached hydrogen (secondary N) is 1. The van der Waals surface area contributed by atoms with Crippen molar-refractivity contribution in [3.8, 4) is 0 Å². The van der Waals surface area contributed by atoms with Gasteiger partial charge < -0.3 is 14.6 Å². The zero-order valence-electron chi connectivity index (χ0n) is 14.9. The van der Waals surface area contributed by atoms with Crippen LogP contribution in [0.5, 0.6) is 0 Å². The molecule has 1 unspecified atom stereocenters. The summed E-state index contributed by atoms with van der Waals surface area (Å²) in [5, 5.41) is 3.73. The van der Waals surface area contributed by atoms with E-state index in [1.54, 1.807) is 19.2 Å². The number of carbonyl (C=O) groups is 1. The molecule has 1 N–H and O–H groups in total. The zero-order valence-corrected chi connectivity index (χ0v) is 17.3. The molecule has 1 atom stereocenters. The SMILES string of the molecule is COC(=O)c1cc(S(=O)(=O)N2CCNCC2c2ccccc2Cl)cn1C.Cl. The molecule has 1 aromatic heterocycles. The number of carbonyl (C=O) groups excluding carboxylic acids is 1. The fourth-order valence-electron chi connectivity index (χ4n) is 3.10. The molecule has 10 heteroatoms. The van der Waals surface area contributed by atoms with Crippen LogP contribution in [0.25, 0.3) is 0 Å². The smallest absolute Gasteiger partial charge is 0.354 e. The van der Waals surface area contributed by atoms with Crippen molar-refractivity contribution in [3.05, 3.63) is 52.8 Å². The summed E-state index contributed by atoms with van der Waals surface area (Å²) in [5.41, 5.74) is 0.921. The molecule has 3 rings (SSSR count). The van der Waals surface area contributed by atoms with Gasteiger partial charge in [0.25, 0.3) is 0 Å². The Labute approximate surface area is 169 Å². The van der Waals surface area contributed by atoms with E-state index in [2.05, 4.69) is 5.32 Å². The summed E-state index contributed by atoms with van der Waals surface area (Å²) in [4.78, 5) is 11.9. The molecule has 27 heavy (non-hydrogen) atoms. The first-order valence-corrected chi connectivity index (χ1v) is 9.89. The maximum absolute atomic E-state index is 13.2. The number of rotatable bonds is 4. The number of aryl methyl sites for hydroxylation is 1. The van der Waals surface area contributed by atoms with Crippen LogP contribution in [-0.4, -0.2) is 50.0 Å². The first-order valence-electron chi connectivity index (χ1n) is 8.08. The molecule has 1 aromatic carbocycles. The van der Waals surface area contributed by atoms with Gasteiger partial charge in [-0.25, -0.2) is 13.2 Å². The standard InChI is InChI=1S/C17H20ClN3O4S.ClH/c1-20-11-12(9-15(20)17(22)25-2)26(23,24)21-8-7-19-10-16(21)13-5-3-4-6-14(13)18;/h3-6,9,11,16,19H,7-8,10H2,1-2H3;1H. The molecule has 1 fully saturated rings. The lowest BCUT2D eigenvalue weighted by Gasteiger charge is -2.35. The van der Waals surface area contributed by atoms with Gasteiger partial charge in [0.2, 0.25) is 10.0 Å². The molecule has 0 saturated carbocycles. The minimum Gasteiger partial charge on any atom is -0.464 e. The van der Waals surface area contributed by atoms with Crippen LogP contribution < -0.4 is 5.32 Å². The van der Waals surface area contributed by atoms with Crippen molar-refractivity contribution in [3.63, 3.8) is 0 Å². The third kappa shape index (κ3) is 4.14. The molecule has 2 aromatic rings. The number of ether oxygens (including phenoxy) is 1. The van der Waals surface area contributed by atoms with E-state index in [0.717, 1.165) is 5.56 Å². The third-order valence-corrected chi connectivity index (χ3v) is 6.66. The van der Waals surface area contributed by atoms with E-state index in [-0.39, 0.29) is 23.0 Å². The third-order valence-electron chi connectivity index (χ3n) is 4.44. The number of hydrogen-bond acceptors (Lipinski definition) is 5. The molecule has 1 aliphatic heterocycles. The van der Waals surface area contributed by atoms with E-state index >= 15 is 0 Å². The minimum absolute atomic E-state index is 0. The van der Waals surface area contributed by atoms with E-state index < -0.39 is 22.0 Å². The number of hydrogen-bond donors (Lipinski definition) is 1. The van der Waals surface area contributed by atoms with Gasteiger partial charge in [-0.15, -0.1) is 12.4 Å². The van der Waals surface area contributed by atoms with Gasteiger partial charge >= 0.3 is 5.97 Å². The van der Waals surface area contributed by atoms with Crippen LogP contribution in [0, 0.1) is 0 Å². The van der Waals surface area contributed by atoms with Gasteiger partial charge in [0.05, 0.1) is 13.2 Å². The summed E-state index contributed by atoms with van der Waals surface area (Å²) in [6.45, 7) is 1.30. The Kier molecular flexibility index (Phi) is 6.93. The monoisotopic (exact) mass is 433 g/mol. The number of sulfonamides is 1. The van der Waals surface area contributed by atoms with Gasteiger partial charge in [0.1, 0.15) is 10.6 Å². The second-order valence-corrected chi connectivity index (χ2v) is 8.32. The fraction of sp³-hybridized carbons (Fsp3) is 0.353. The molecule has 1 saturated heterocycles. The van der Waals surface area contributed by atoms with E-state index in [4.69, 9.17) is 16.3 Å². The van der Waals surface area contributed by atoms with Crippen molar-refractivity contribution in [1.29, 1.82) is 0 Å². The molecule has 0 spiro atoms. The van der Waals surface area contributed by atoms with Crippen LogP contribution in [0.15, 0.2) is 41.4 Å². The highest BCUT2D eigenvalue weighted by Gasteiger charge is 2.36. The molecule has 0 amide bonds. The van der Waals surface area contributed by atoms with Crippen LogP contribution in [0.1, 0.15) is 22.1 Å². The maximum atomic E-state index is 13.2. The summed E-state index contributed by atoms with van der Waals surface area (Å²) in [6, 6.07) is 8.12. The van der Waals surface area contributed by atoms with Gasteiger partial charge in [-0.1, -0.05) is 29.8 Å². The Morgan fingerprint density at radius 3 is 2.70 bits per heavy atom. The quantitative estimate of drug-likeness (QED) is 0.747. The van der Waals surface area contributed by atoms with Gasteiger partial charge in [-0.2, -0.15) is 4.31 Å². The lowest BCUT2D eigenvalue weighted by molar-refractivity contribution is 0.0590. The van der Waals surface area contributed by atoms with Gasteiger partial charge in [-0.3, -0.25) is 0 Å².